The van der Waals surface area contributed by atoms with Crippen LogP contribution in [-0.2, 0) is 4.74 Å². The zero-order valence-electron chi connectivity index (χ0n) is 11.9. The van der Waals surface area contributed by atoms with E-state index in [9.17, 15) is 19.4 Å². The Morgan fingerprint density at radius 3 is 2.52 bits per heavy atom. The fraction of sp³-hybridized carbons (Fsp3) is 0.143. The molecule has 0 amide bonds. The predicted molar refractivity (Wildman–Crippen MR) is 79.2 cm³/mol. The number of carbonyl (C=O) groups is 1. The van der Waals surface area contributed by atoms with Gasteiger partial charge in [-0.15, -0.1) is 9.81 Å². The predicted octanol–water partition coefficient (Wildman–Crippen LogP) is 3.43. The smallest absolute Gasteiger partial charge is 0.347 e. The van der Waals surface area contributed by atoms with Crippen LogP contribution in [0, 0.1) is 16.7 Å². The zero-order valence-corrected chi connectivity index (χ0v) is 11.9. The van der Waals surface area contributed by atoms with E-state index in [0.717, 1.165) is 13.2 Å². The number of furan rings is 1. The molecule has 0 saturated carbocycles. The molecule has 3 rings (SSSR count). The Hall–Kier alpha value is -3.36. The van der Waals surface area contributed by atoms with Gasteiger partial charge in [0.1, 0.15) is 28.0 Å². The molecule has 1 aromatic carbocycles. The van der Waals surface area contributed by atoms with E-state index in [2.05, 4.69) is 15.1 Å². The van der Waals surface area contributed by atoms with E-state index in [-0.39, 0.29) is 27.5 Å². The van der Waals surface area contributed by atoms with E-state index in [0.29, 0.717) is 5.76 Å². The molecule has 0 spiro atoms. The van der Waals surface area contributed by atoms with Gasteiger partial charge in [-0.2, -0.15) is 0 Å². The second-order valence-electron chi connectivity index (χ2n) is 4.66. The third-order valence-corrected chi connectivity index (χ3v) is 3.33. The van der Waals surface area contributed by atoms with Crippen molar-refractivity contribution in [2.24, 2.45) is 10.4 Å². The quantitative estimate of drug-likeness (QED) is 0.534. The number of nitroso groups, excluding NO2 is 2. The molecule has 9 nitrogen and oxygen atoms in total. The molecule has 0 aliphatic carbocycles. The van der Waals surface area contributed by atoms with Crippen molar-refractivity contribution in [3.8, 4) is 0 Å². The maximum Gasteiger partial charge on any atom is 0.347 e. The van der Waals surface area contributed by atoms with Gasteiger partial charge in [-0.1, -0.05) is 0 Å². The number of esters is 1. The summed E-state index contributed by atoms with van der Waals surface area (Å²) in [4.78, 5) is 46.0. The Morgan fingerprint density at radius 1 is 1.17 bits per heavy atom. The van der Waals surface area contributed by atoms with Gasteiger partial charge in [0.2, 0.25) is 0 Å². The summed E-state index contributed by atoms with van der Waals surface area (Å²) in [6.07, 6.45) is 0. The van der Waals surface area contributed by atoms with E-state index >= 15 is 0 Å². The number of hydrogen-bond acceptors (Lipinski definition) is 9. The van der Waals surface area contributed by atoms with Crippen molar-refractivity contribution in [3.63, 3.8) is 0 Å². The SMILES string of the molecule is COC(=O)c1c(N=O)c(N=O)cc2c1oc1cc(C)oc(=O)c12. The third-order valence-electron chi connectivity index (χ3n) is 3.33. The minimum Gasteiger partial charge on any atom is -0.465 e. The number of rotatable bonds is 3. The van der Waals surface area contributed by atoms with Crippen molar-refractivity contribution in [3.05, 3.63) is 43.7 Å². The largest absolute Gasteiger partial charge is 0.465 e. The molecule has 0 radical (unpaired) electrons. The molecule has 9 heteroatoms. The molecule has 0 aliphatic heterocycles. The van der Waals surface area contributed by atoms with Crippen LogP contribution >= 0.6 is 0 Å². The first kappa shape index (κ1) is 14.6. The fourth-order valence-electron chi connectivity index (χ4n) is 2.40. The van der Waals surface area contributed by atoms with Crippen LogP contribution in [0.5, 0.6) is 0 Å². The lowest BCUT2D eigenvalue weighted by atomic mass is 10.1. The highest BCUT2D eigenvalue weighted by molar-refractivity contribution is 6.16. The summed E-state index contributed by atoms with van der Waals surface area (Å²) in [6.45, 7) is 1.55. The van der Waals surface area contributed by atoms with Crippen molar-refractivity contribution in [2.45, 2.75) is 6.92 Å². The molecule has 3 aromatic rings. The van der Waals surface area contributed by atoms with Gasteiger partial charge in [0.15, 0.2) is 11.3 Å². The van der Waals surface area contributed by atoms with Crippen LogP contribution in [0.25, 0.3) is 21.9 Å². The molecule has 0 bridgehead atoms. The lowest BCUT2D eigenvalue weighted by Gasteiger charge is -2.03. The summed E-state index contributed by atoms with van der Waals surface area (Å²) in [5.41, 5.74) is -1.97. The summed E-state index contributed by atoms with van der Waals surface area (Å²) in [5, 5.41) is 5.47. The van der Waals surface area contributed by atoms with Crippen LogP contribution in [0.2, 0.25) is 0 Å². The van der Waals surface area contributed by atoms with E-state index in [4.69, 9.17) is 8.83 Å². The number of hydrogen-bond donors (Lipinski definition) is 0. The van der Waals surface area contributed by atoms with E-state index in [1.807, 2.05) is 0 Å². The molecule has 2 aromatic heterocycles. The topological polar surface area (TPSA) is 129 Å². The lowest BCUT2D eigenvalue weighted by molar-refractivity contribution is 0.0603. The van der Waals surface area contributed by atoms with E-state index < -0.39 is 23.0 Å². The van der Waals surface area contributed by atoms with Gasteiger partial charge >= 0.3 is 11.6 Å². The van der Waals surface area contributed by atoms with Crippen molar-refractivity contribution < 1.29 is 18.4 Å². The highest BCUT2D eigenvalue weighted by atomic mass is 16.5. The third kappa shape index (κ3) is 2.01. The number of aryl methyl sites for hydroxylation is 1. The second kappa shape index (κ2) is 5.13. The maximum absolute atomic E-state index is 12.0. The van der Waals surface area contributed by atoms with Crippen molar-refractivity contribution in [2.75, 3.05) is 7.11 Å². The Bertz CT molecular complexity index is 1040. The first-order valence-corrected chi connectivity index (χ1v) is 6.30. The average Bonchev–Trinajstić information content (AvgIpc) is 2.89. The number of fused-ring (bicyclic) bond motifs is 3. The van der Waals surface area contributed by atoms with Crippen LogP contribution in [-0.4, -0.2) is 13.1 Å². The fourth-order valence-corrected chi connectivity index (χ4v) is 2.40. The van der Waals surface area contributed by atoms with Gasteiger partial charge < -0.3 is 13.6 Å². The summed E-state index contributed by atoms with van der Waals surface area (Å²) >= 11 is 0. The van der Waals surface area contributed by atoms with Gasteiger partial charge in [-0.05, 0) is 23.3 Å². The van der Waals surface area contributed by atoms with Gasteiger partial charge in [0, 0.05) is 11.5 Å². The summed E-state index contributed by atoms with van der Waals surface area (Å²) in [7, 11) is 1.09. The number of benzene rings is 1. The van der Waals surface area contributed by atoms with E-state index in [1.165, 1.54) is 6.07 Å². The lowest BCUT2D eigenvalue weighted by Crippen LogP contribution is -2.03. The summed E-state index contributed by atoms with van der Waals surface area (Å²) < 4.78 is 15.1. The van der Waals surface area contributed by atoms with Crippen LogP contribution in [0.4, 0.5) is 11.4 Å². The van der Waals surface area contributed by atoms with Crippen molar-refractivity contribution in [1.82, 2.24) is 0 Å². The highest BCUT2D eigenvalue weighted by Crippen LogP contribution is 2.41. The van der Waals surface area contributed by atoms with Gasteiger partial charge in [0.05, 0.1) is 7.11 Å². The maximum atomic E-state index is 12.0. The molecule has 0 saturated heterocycles. The summed E-state index contributed by atoms with van der Waals surface area (Å²) in [6, 6.07) is 2.59. The van der Waals surface area contributed by atoms with Gasteiger partial charge in [-0.25, -0.2) is 9.59 Å². The normalized spacial score (nSPS) is 10.9. The molecule has 2 heterocycles. The molecular formula is C14H8N2O7. The Labute approximate surface area is 126 Å². The van der Waals surface area contributed by atoms with Crippen molar-refractivity contribution in [1.29, 1.82) is 0 Å². The van der Waals surface area contributed by atoms with Crippen LogP contribution < -0.4 is 5.63 Å². The van der Waals surface area contributed by atoms with Gasteiger partial charge in [0.25, 0.3) is 0 Å². The highest BCUT2D eigenvalue weighted by Gasteiger charge is 2.27. The molecule has 0 atom stereocenters. The Kier molecular flexibility index (Phi) is 3.25. The molecule has 23 heavy (non-hydrogen) atoms. The summed E-state index contributed by atoms with van der Waals surface area (Å²) in [5.74, 6) is -0.654. The van der Waals surface area contributed by atoms with Crippen molar-refractivity contribution >= 4 is 39.3 Å². The second-order valence-corrected chi connectivity index (χ2v) is 4.66. The number of ether oxygens (including phenoxy) is 1. The molecule has 116 valence electrons. The Balaban J connectivity index is 2.63. The first-order valence-electron chi connectivity index (χ1n) is 6.30. The van der Waals surface area contributed by atoms with E-state index in [1.54, 1.807) is 6.92 Å². The minimum absolute atomic E-state index is 0.0260. The Morgan fingerprint density at radius 2 is 1.91 bits per heavy atom. The molecule has 0 aliphatic rings. The minimum atomic E-state index is -0.949. The van der Waals surface area contributed by atoms with Crippen LogP contribution in [0.1, 0.15) is 16.1 Å². The molecule has 0 fully saturated rings. The van der Waals surface area contributed by atoms with Crippen LogP contribution in [0.15, 0.2) is 36.1 Å². The van der Waals surface area contributed by atoms with Crippen LogP contribution in [0.3, 0.4) is 0 Å². The zero-order chi connectivity index (χ0) is 16.7. The van der Waals surface area contributed by atoms with Gasteiger partial charge in [-0.3, -0.25) is 0 Å². The monoisotopic (exact) mass is 316 g/mol. The molecular weight excluding hydrogens is 308 g/mol. The molecule has 0 unspecified atom stereocenters. The number of carbonyl (C=O) groups excluding carboxylic acids is 1. The average molecular weight is 316 g/mol. The standard InChI is InChI=1S/C14H8N2O7/c1-5-3-8-9(14(18)22-5)6-4-7(15-19)11(16-20)10(12(6)23-8)13(17)21-2/h3-4H,1-2H3. The number of methoxy groups -OCH3 is 1. The number of nitrogens with zero attached hydrogens (tertiary/aromatic N) is 2. The molecule has 0 N–H and O–H groups in total. The first-order chi connectivity index (χ1) is 11.0.